The Morgan fingerprint density at radius 2 is 1.56 bits per heavy atom. The van der Waals surface area contributed by atoms with Crippen molar-refractivity contribution in [2.45, 2.75) is 70.4 Å². The average molecular weight is 467 g/mol. The normalized spacial score (nSPS) is 13.9. The highest BCUT2D eigenvalue weighted by Crippen LogP contribution is 2.44. The minimum absolute atomic E-state index is 0.0183. The van der Waals surface area contributed by atoms with Crippen LogP contribution < -0.4 is 10.6 Å². The third-order valence-corrected chi connectivity index (χ3v) is 6.31. The molecule has 7 heteroatoms. The van der Waals surface area contributed by atoms with Crippen molar-refractivity contribution in [3.63, 3.8) is 0 Å². The quantitative estimate of drug-likeness (QED) is 0.415. The molecule has 182 valence electrons. The maximum atomic E-state index is 12.4. The van der Waals surface area contributed by atoms with Gasteiger partial charge in [-0.3, -0.25) is 9.59 Å². The Hall–Kier alpha value is -3.35. The molecule has 0 spiro atoms. The zero-order valence-electron chi connectivity index (χ0n) is 19.9. The molecular weight excluding hydrogens is 432 g/mol. The van der Waals surface area contributed by atoms with E-state index in [4.69, 9.17) is 9.84 Å². The lowest BCUT2D eigenvalue weighted by atomic mass is 9.98. The van der Waals surface area contributed by atoms with Crippen molar-refractivity contribution in [2.24, 2.45) is 0 Å². The molecule has 2 atom stereocenters. The molecule has 0 saturated heterocycles. The van der Waals surface area contributed by atoms with E-state index in [9.17, 15) is 14.4 Å². The first-order chi connectivity index (χ1) is 16.4. The maximum Gasteiger partial charge on any atom is 0.407 e. The number of hydrogen-bond acceptors (Lipinski definition) is 4. The monoisotopic (exact) mass is 466 g/mol. The van der Waals surface area contributed by atoms with Gasteiger partial charge in [0.15, 0.2) is 0 Å². The van der Waals surface area contributed by atoms with Crippen LogP contribution in [-0.2, 0) is 14.3 Å². The number of carboxylic acids is 1. The fourth-order valence-electron chi connectivity index (χ4n) is 4.46. The molecule has 1 aliphatic rings. The van der Waals surface area contributed by atoms with Gasteiger partial charge in [-0.25, -0.2) is 4.79 Å². The van der Waals surface area contributed by atoms with Gasteiger partial charge in [0.25, 0.3) is 0 Å². The summed E-state index contributed by atoms with van der Waals surface area (Å²) >= 11 is 0. The van der Waals surface area contributed by atoms with Crippen molar-refractivity contribution in [3.8, 4) is 11.1 Å². The van der Waals surface area contributed by atoms with Crippen LogP contribution in [0.2, 0.25) is 0 Å². The van der Waals surface area contributed by atoms with Gasteiger partial charge in [-0.05, 0) is 54.9 Å². The van der Waals surface area contributed by atoms with Crippen LogP contribution in [0, 0.1) is 0 Å². The van der Waals surface area contributed by atoms with E-state index in [1.165, 1.54) is 22.3 Å². The molecule has 0 bridgehead atoms. The van der Waals surface area contributed by atoms with E-state index >= 15 is 0 Å². The molecule has 0 saturated carbocycles. The van der Waals surface area contributed by atoms with Crippen molar-refractivity contribution in [2.75, 3.05) is 6.61 Å². The lowest BCUT2D eigenvalue weighted by molar-refractivity contribution is -0.137. The highest BCUT2D eigenvalue weighted by atomic mass is 16.5. The molecule has 2 unspecified atom stereocenters. The standard InChI is InChI=1S/C27H34N2O5/c1-3-19(15-16-26(31)32)29-25(30)14-8-9-18(2)28-27(33)34-17-24-22-12-6-4-10-20(22)21-11-5-7-13-23(21)24/h4-7,10-13,18-19,24H,3,8-9,14-17H2,1-2H3,(H,28,33)(H,29,30)(H,31,32). The van der Waals surface area contributed by atoms with Crippen molar-refractivity contribution in [1.29, 1.82) is 0 Å². The Labute approximate surface area is 200 Å². The number of carboxylic acid groups (broad SMARTS) is 1. The largest absolute Gasteiger partial charge is 0.481 e. The smallest absolute Gasteiger partial charge is 0.407 e. The van der Waals surface area contributed by atoms with Crippen molar-refractivity contribution in [1.82, 2.24) is 10.6 Å². The van der Waals surface area contributed by atoms with E-state index in [1.807, 2.05) is 38.1 Å². The first-order valence-corrected chi connectivity index (χ1v) is 12.0. The molecule has 0 radical (unpaired) electrons. The molecule has 3 N–H and O–H groups in total. The second-order valence-corrected chi connectivity index (χ2v) is 8.87. The van der Waals surface area contributed by atoms with Crippen LogP contribution in [0.25, 0.3) is 11.1 Å². The van der Waals surface area contributed by atoms with Gasteiger partial charge >= 0.3 is 12.1 Å². The summed E-state index contributed by atoms with van der Waals surface area (Å²) in [6, 6.07) is 16.2. The molecular formula is C27H34N2O5. The predicted molar refractivity (Wildman–Crippen MR) is 131 cm³/mol. The molecule has 2 amide bonds. The summed E-state index contributed by atoms with van der Waals surface area (Å²) in [6.45, 7) is 4.08. The summed E-state index contributed by atoms with van der Waals surface area (Å²) in [5.74, 6) is -0.934. The maximum absolute atomic E-state index is 12.4. The van der Waals surface area contributed by atoms with Crippen molar-refractivity contribution in [3.05, 3.63) is 59.7 Å². The number of ether oxygens (including phenoxy) is 1. The second-order valence-electron chi connectivity index (χ2n) is 8.87. The van der Waals surface area contributed by atoms with E-state index < -0.39 is 12.1 Å². The molecule has 2 aromatic carbocycles. The minimum atomic E-state index is -0.860. The Balaban J connectivity index is 1.39. The van der Waals surface area contributed by atoms with Gasteiger partial charge in [-0.2, -0.15) is 0 Å². The Kier molecular flexibility index (Phi) is 9.08. The van der Waals surface area contributed by atoms with Crippen LogP contribution in [0.15, 0.2) is 48.5 Å². The van der Waals surface area contributed by atoms with E-state index in [0.29, 0.717) is 32.1 Å². The van der Waals surface area contributed by atoms with Crippen LogP contribution in [0.4, 0.5) is 4.79 Å². The first-order valence-electron chi connectivity index (χ1n) is 12.0. The van der Waals surface area contributed by atoms with Gasteiger partial charge in [-0.15, -0.1) is 0 Å². The van der Waals surface area contributed by atoms with Gasteiger partial charge in [0.1, 0.15) is 6.61 Å². The van der Waals surface area contributed by atoms with Gasteiger partial charge < -0.3 is 20.5 Å². The summed E-state index contributed by atoms with van der Waals surface area (Å²) in [5.41, 5.74) is 4.72. The van der Waals surface area contributed by atoms with E-state index in [0.717, 1.165) is 0 Å². The number of aliphatic carboxylic acids is 1. The number of benzene rings is 2. The highest BCUT2D eigenvalue weighted by molar-refractivity contribution is 5.79. The summed E-state index contributed by atoms with van der Waals surface area (Å²) in [6.07, 6.45) is 2.30. The second kappa shape index (κ2) is 12.2. The number of hydrogen-bond donors (Lipinski definition) is 3. The van der Waals surface area contributed by atoms with Gasteiger partial charge in [0.05, 0.1) is 0 Å². The van der Waals surface area contributed by atoms with Crippen molar-refractivity contribution >= 4 is 18.0 Å². The third kappa shape index (κ3) is 6.83. The Morgan fingerprint density at radius 1 is 0.941 bits per heavy atom. The topological polar surface area (TPSA) is 105 Å². The highest BCUT2D eigenvalue weighted by Gasteiger charge is 2.29. The Morgan fingerprint density at radius 3 is 2.15 bits per heavy atom. The van der Waals surface area contributed by atoms with Gasteiger partial charge in [0, 0.05) is 30.8 Å². The number of amides is 2. The number of carbonyl (C=O) groups is 3. The lowest BCUT2D eigenvalue weighted by Crippen LogP contribution is -2.36. The van der Waals surface area contributed by atoms with Crippen LogP contribution in [0.3, 0.4) is 0 Å². The fraction of sp³-hybridized carbons (Fsp3) is 0.444. The summed E-state index contributed by atoms with van der Waals surface area (Å²) in [5, 5.41) is 14.5. The molecule has 1 aliphatic carbocycles. The SMILES string of the molecule is CCC(CCC(=O)O)NC(=O)CCCC(C)NC(=O)OCC1c2ccccc2-c2ccccc21. The van der Waals surface area contributed by atoms with Crippen LogP contribution >= 0.6 is 0 Å². The molecule has 2 aromatic rings. The first kappa shape index (κ1) is 25.3. The molecule has 0 aromatic heterocycles. The number of fused-ring (bicyclic) bond motifs is 3. The molecule has 7 nitrogen and oxygen atoms in total. The third-order valence-electron chi connectivity index (χ3n) is 6.31. The van der Waals surface area contributed by atoms with Crippen molar-refractivity contribution < 1.29 is 24.2 Å². The summed E-state index contributed by atoms with van der Waals surface area (Å²) in [4.78, 5) is 35.2. The molecule has 0 heterocycles. The average Bonchev–Trinajstić information content (AvgIpc) is 3.14. The van der Waals surface area contributed by atoms with Gasteiger partial charge in [0.2, 0.25) is 5.91 Å². The van der Waals surface area contributed by atoms with Crippen LogP contribution in [-0.4, -0.2) is 41.8 Å². The number of nitrogens with one attached hydrogen (secondary N) is 2. The van der Waals surface area contributed by atoms with Crippen LogP contribution in [0.1, 0.15) is 69.4 Å². The predicted octanol–water partition coefficient (Wildman–Crippen LogP) is 4.84. The van der Waals surface area contributed by atoms with Crippen LogP contribution in [0.5, 0.6) is 0 Å². The fourth-order valence-corrected chi connectivity index (χ4v) is 4.46. The van der Waals surface area contributed by atoms with E-state index in [2.05, 4.69) is 34.9 Å². The molecule has 3 rings (SSSR count). The van der Waals surface area contributed by atoms with Gasteiger partial charge in [-0.1, -0.05) is 55.5 Å². The molecule has 0 fully saturated rings. The molecule has 34 heavy (non-hydrogen) atoms. The van der Waals surface area contributed by atoms with E-state index in [-0.39, 0.29) is 36.9 Å². The number of rotatable bonds is 12. The Bertz CT molecular complexity index is 961. The lowest BCUT2D eigenvalue weighted by Gasteiger charge is -2.18. The zero-order valence-corrected chi connectivity index (χ0v) is 19.9. The summed E-state index contributed by atoms with van der Waals surface area (Å²) < 4.78 is 5.57. The zero-order chi connectivity index (χ0) is 24.5. The number of carbonyl (C=O) groups excluding carboxylic acids is 2. The summed E-state index contributed by atoms with van der Waals surface area (Å²) in [7, 11) is 0. The molecule has 0 aliphatic heterocycles. The van der Waals surface area contributed by atoms with E-state index in [1.54, 1.807) is 0 Å². The number of alkyl carbamates (subject to hydrolysis) is 1. The minimum Gasteiger partial charge on any atom is -0.481 e.